The minimum absolute atomic E-state index is 0.865. The summed E-state index contributed by atoms with van der Waals surface area (Å²) in [5.74, 6) is 0. The van der Waals surface area contributed by atoms with E-state index in [1.807, 2.05) is 70.3 Å². The van der Waals surface area contributed by atoms with Crippen LogP contribution in [0.1, 0.15) is 48.2 Å². The highest BCUT2D eigenvalue weighted by atomic mass is 16.1. The fourth-order valence-electron chi connectivity index (χ4n) is 4.99. The third-order valence-corrected chi connectivity index (χ3v) is 6.66. The SMILES string of the molecule is N#C/C=C1\CCCc2c1cnn2-c1ccccc1.O=C/C=C1\CCCc2c1cnn2-c1ccccc1. The van der Waals surface area contributed by atoms with Crippen LogP contribution in [0.15, 0.2) is 85.2 Å². The predicted octanol–water partition coefficient (Wildman–Crippen LogP) is 5.91. The molecule has 0 bridgehead atoms. The maximum Gasteiger partial charge on any atom is 0.143 e. The normalized spacial score (nSPS) is 16.4. The van der Waals surface area contributed by atoms with Crippen molar-refractivity contribution in [3.63, 3.8) is 0 Å². The summed E-state index contributed by atoms with van der Waals surface area (Å²) in [7, 11) is 0. The van der Waals surface area contributed by atoms with Gasteiger partial charge in [0.05, 0.1) is 41.2 Å². The summed E-state index contributed by atoms with van der Waals surface area (Å²) in [6.07, 6.45) is 14.1. The Morgan fingerprint density at radius 2 is 1.22 bits per heavy atom. The molecule has 4 aromatic rings. The Kier molecular flexibility index (Phi) is 7.00. The predicted molar refractivity (Wildman–Crippen MR) is 141 cm³/mol. The van der Waals surface area contributed by atoms with Gasteiger partial charge in [-0.2, -0.15) is 15.5 Å². The van der Waals surface area contributed by atoms with Crippen LogP contribution in [-0.2, 0) is 17.6 Å². The van der Waals surface area contributed by atoms with Crippen molar-refractivity contribution in [1.29, 1.82) is 5.26 Å². The van der Waals surface area contributed by atoms with Crippen molar-refractivity contribution < 1.29 is 4.79 Å². The fourth-order valence-corrected chi connectivity index (χ4v) is 4.99. The first-order valence-corrected chi connectivity index (χ1v) is 12.3. The van der Waals surface area contributed by atoms with Gasteiger partial charge in [-0.25, -0.2) is 9.36 Å². The second-order valence-electron chi connectivity index (χ2n) is 8.84. The Labute approximate surface area is 210 Å². The number of carbonyl (C=O) groups excluding carboxylic acids is 1. The molecule has 6 rings (SSSR count). The molecule has 6 nitrogen and oxygen atoms in total. The minimum Gasteiger partial charge on any atom is -0.299 e. The molecule has 0 saturated heterocycles. The molecule has 2 aliphatic rings. The fraction of sp³-hybridized carbons (Fsp3) is 0.200. The number of rotatable bonds is 3. The Bertz CT molecular complexity index is 1450. The van der Waals surface area contributed by atoms with E-state index in [4.69, 9.17) is 5.26 Å². The molecular weight excluding hydrogens is 446 g/mol. The number of carbonyl (C=O) groups is 1. The zero-order chi connectivity index (χ0) is 24.7. The molecule has 0 radical (unpaired) electrons. The Morgan fingerprint density at radius 3 is 1.72 bits per heavy atom. The highest BCUT2D eigenvalue weighted by Crippen LogP contribution is 2.32. The van der Waals surface area contributed by atoms with Crippen molar-refractivity contribution in [2.75, 3.05) is 0 Å². The van der Waals surface area contributed by atoms with Crippen molar-refractivity contribution in [2.45, 2.75) is 38.5 Å². The van der Waals surface area contributed by atoms with Crippen molar-refractivity contribution in [1.82, 2.24) is 19.6 Å². The van der Waals surface area contributed by atoms with Crippen molar-refractivity contribution >= 4 is 17.4 Å². The summed E-state index contributed by atoms with van der Waals surface area (Å²) in [5.41, 5.74) is 9.05. The lowest BCUT2D eigenvalue weighted by atomic mass is 9.92. The molecule has 0 spiro atoms. The van der Waals surface area contributed by atoms with Gasteiger partial charge in [-0.05, 0) is 80.0 Å². The number of para-hydroxylation sites is 2. The van der Waals surface area contributed by atoms with Gasteiger partial charge in [-0.1, -0.05) is 36.4 Å². The van der Waals surface area contributed by atoms with Gasteiger partial charge in [0.2, 0.25) is 0 Å². The van der Waals surface area contributed by atoms with Crippen molar-refractivity contribution in [3.05, 3.63) is 108 Å². The van der Waals surface area contributed by atoms with Crippen molar-refractivity contribution in [3.8, 4) is 17.4 Å². The second kappa shape index (κ2) is 10.8. The summed E-state index contributed by atoms with van der Waals surface area (Å²) in [5, 5.41) is 17.7. The van der Waals surface area contributed by atoms with Crippen LogP contribution in [0.25, 0.3) is 22.5 Å². The number of aromatic nitrogens is 4. The van der Waals surface area contributed by atoms with Crippen LogP contribution in [0, 0.1) is 11.3 Å². The summed E-state index contributed by atoms with van der Waals surface area (Å²) in [6, 6.07) is 22.4. The molecule has 0 fully saturated rings. The van der Waals surface area contributed by atoms with Crippen LogP contribution in [0.3, 0.4) is 0 Å². The van der Waals surface area contributed by atoms with Crippen LogP contribution in [0.5, 0.6) is 0 Å². The average molecular weight is 474 g/mol. The van der Waals surface area contributed by atoms with E-state index in [-0.39, 0.29) is 0 Å². The van der Waals surface area contributed by atoms with Crippen LogP contribution in [0.4, 0.5) is 0 Å². The van der Waals surface area contributed by atoms with Crippen LogP contribution in [-0.4, -0.2) is 25.8 Å². The lowest BCUT2D eigenvalue weighted by Gasteiger charge is -2.16. The standard InChI is InChI=1S/C15H13N3.C15H14N2O/c16-10-9-12-5-4-8-15-14(12)11-17-18(15)13-6-2-1-3-7-13;18-10-9-12-5-4-8-15-14(12)11-16-17(15)13-6-2-1-3-7-13/h1-3,6-7,9,11H,4-5,8H2;1-3,6-7,9-11H,4-5,8H2/b2*12-9+. The highest BCUT2D eigenvalue weighted by molar-refractivity contribution is 5.83. The number of nitrogens with zero attached hydrogens (tertiary/aromatic N) is 5. The molecule has 2 aromatic carbocycles. The number of fused-ring (bicyclic) bond motifs is 2. The van der Waals surface area contributed by atoms with E-state index in [1.165, 1.54) is 11.4 Å². The van der Waals surface area contributed by atoms with E-state index in [0.717, 1.165) is 78.5 Å². The third kappa shape index (κ3) is 4.69. The zero-order valence-corrected chi connectivity index (χ0v) is 20.0. The van der Waals surface area contributed by atoms with E-state index in [1.54, 1.807) is 12.2 Å². The third-order valence-electron chi connectivity index (χ3n) is 6.66. The topological polar surface area (TPSA) is 76.5 Å². The van der Waals surface area contributed by atoms with Gasteiger partial charge in [0.15, 0.2) is 0 Å². The molecule has 0 aliphatic heterocycles. The zero-order valence-electron chi connectivity index (χ0n) is 20.0. The van der Waals surface area contributed by atoms with E-state index in [0.29, 0.717) is 0 Å². The molecular formula is C30H27N5O. The van der Waals surface area contributed by atoms with Crippen LogP contribution in [0.2, 0.25) is 0 Å². The summed E-state index contributed by atoms with van der Waals surface area (Å²) < 4.78 is 3.97. The quantitative estimate of drug-likeness (QED) is 0.211. The van der Waals surface area contributed by atoms with Gasteiger partial charge in [-0.15, -0.1) is 0 Å². The Balaban J connectivity index is 0.000000148. The molecule has 2 aliphatic carbocycles. The molecule has 2 heterocycles. The Morgan fingerprint density at radius 1 is 0.722 bits per heavy atom. The molecule has 178 valence electrons. The number of hydrogen-bond donors (Lipinski definition) is 0. The maximum absolute atomic E-state index is 10.7. The molecule has 0 saturated carbocycles. The number of aldehydes is 1. The van der Waals surface area contributed by atoms with Gasteiger partial charge in [0, 0.05) is 17.2 Å². The summed E-state index contributed by atoms with van der Waals surface area (Å²) in [6.45, 7) is 0. The molecule has 6 heteroatoms. The van der Waals surface area contributed by atoms with E-state index in [9.17, 15) is 4.79 Å². The molecule has 2 aromatic heterocycles. The molecule has 0 amide bonds. The summed E-state index contributed by atoms with van der Waals surface area (Å²) >= 11 is 0. The highest BCUT2D eigenvalue weighted by Gasteiger charge is 2.20. The maximum atomic E-state index is 10.7. The van der Waals surface area contributed by atoms with Gasteiger partial charge in [-0.3, -0.25) is 4.79 Å². The number of hydrogen-bond acceptors (Lipinski definition) is 4. The molecule has 0 unspecified atom stereocenters. The largest absolute Gasteiger partial charge is 0.299 e. The van der Waals surface area contributed by atoms with Crippen LogP contribution < -0.4 is 0 Å². The first-order chi connectivity index (χ1) is 17.8. The molecule has 36 heavy (non-hydrogen) atoms. The number of benzene rings is 2. The van der Waals surface area contributed by atoms with Crippen LogP contribution >= 0.6 is 0 Å². The lowest BCUT2D eigenvalue weighted by Crippen LogP contribution is -2.07. The van der Waals surface area contributed by atoms with E-state index >= 15 is 0 Å². The summed E-state index contributed by atoms with van der Waals surface area (Å²) in [4.78, 5) is 10.7. The van der Waals surface area contributed by atoms with Gasteiger partial charge >= 0.3 is 0 Å². The number of nitriles is 1. The van der Waals surface area contributed by atoms with Crippen molar-refractivity contribution in [2.24, 2.45) is 0 Å². The monoisotopic (exact) mass is 473 g/mol. The second-order valence-corrected chi connectivity index (χ2v) is 8.84. The van der Waals surface area contributed by atoms with E-state index < -0.39 is 0 Å². The van der Waals surface area contributed by atoms with E-state index in [2.05, 4.69) is 28.4 Å². The smallest absolute Gasteiger partial charge is 0.143 e. The van der Waals surface area contributed by atoms with Gasteiger partial charge < -0.3 is 0 Å². The minimum atomic E-state index is 0.865. The first-order valence-electron chi connectivity index (χ1n) is 12.3. The first kappa shape index (κ1) is 23.3. The van der Waals surface area contributed by atoms with Gasteiger partial charge in [0.1, 0.15) is 6.29 Å². The Hall–Kier alpha value is -4.50. The molecule has 0 N–H and O–H groups in total. The number of allylic oxidation sites excluding steroid dienone is 4. The van der Waals surface area contributed by atoms with Gasteiger partial charge in [0.25, 0.3) is 0 Å². The lowest BCUT2D eigenvalue weighted by molar-refractivity contribution is -0.104. The average Bonchev–Trinajstić information content (AvgIpc) is 3.57. The molecule has 0 atom stereocenters.